The predicted octanol–water partition coefficient (Wildman–Crippen LogP) is 2.40. The number of benzene rings is 1. The van der Waals surface area contributed by atoms with Gasteiger partial charge in [-0.15, -0.1) is 0 Å². The van der Waals surface area contributed by atoms with Gasteiger partial charge in [0.25, 0.3) is 0 Å². The van der Waals surface area contributed by atoms with Crippen LogP contribution in [0.3, 0.4) is 0 Å². The molecule has 0 saturated carbocycles. The summed E-state index contributed by atoms with van der Waals surface area (Å²) in [5, 5.41) is 3.18. The summed E-state index contributed by atoms with van der Waals surface area (Å²) in [7, 11) is 2.16. The highest BCUT2D eigenvalue weighted by atomic mass is 16.5. The summed E-state index contributed by atoms with van der Waals surface area (Å²) >= 11 is 0. The molecule has 1 aliphatic heterocycles. The SMILES string of the molecule is CCOc1nc(-c2ccccc2)nc2c1CCC(C(=O)NCCN1CCN(C)CC1)CC2. The molecule has 1 amide bonds. The number of piperazine rings is 1. The number of carbonyl (C=O) groups excluding carboxylic acids is 1. The lowest BCUT2D eigenvalue weighted by molar-refractivity contribution is -0.125. The van der Waals surface area contributed by atoms with Gasteiger partial charge in [0.15, 0.2) is 5.82 Å². The Labute approximate surface area is 191 Å². The zero-order valence-corrected chi connectivity index (χ0v) is 19.3. The van der Waals surface area contributed by atoms with E-state index in [1.807, 2.05) is 37.3 Å². The molecular formula is C25H35N5O2. The molecule has 1 saturated heterocycles. The van der Waals surface area contributed by atoms with Crippen molar-refractivity contribution in [2.75, 3.05) is 52.9 Å². The van der Waals surface area contributed by atoms with Gasteiger partial charge in [0.1, 0.15) is 0 Å². The maximum Gasteiger partial charge on any atom is 0.223 e. The van der Waals surface area contributed by atoms with E-state index in [0.29, 0.717) is 24.9 Å². The number of aromatic nitrogens is 2. The van der Waals surface area contributed by atoms with E-state index < -0.39 is 0 Å². The number of rotatable bonds is 7. The zero-order chi connectivity index (χ0) is 22.3. The van der Waals surface area contributed by atoms with Crippen LogP contribution >= 0.6 is 0 Å². The number of ether oxygens (including phenoxy) is 1. The Morgan fingerprint density at radius 2 is 1.84 bits per heavy atom. The molecule has 1 fully saturated rings. The first-order valence-electron chi connectivity index (χ1n) is 11.9. The van der Waals surface area contributed by atoms with E-state index in [-0.39, 0.29) is 11.8 Å². The van der Waals surface area contributed by atoms with Gasteiger partial charge in [0, 0.05) is 56.3 Å². The van der Waals surface area contributed by atoms with E-state index >= 15 is 0 Å². The van der Waals surface area contributed by atoms with Crippen LogP contribution in [-0.2, 0) is 17.6 Å². The lowest BCUT2D eigenvalue weighted by Gasteiger charge is -2.32. The van der Waals surface area contributed by atoms with Crippen molar-refractivity contribution in [3.05, 3.63) is 41.6 Å². The van der Waals surface area contributed by atoms with Gasteiger partial charge in [0.2, 0.25) is 11.8 Å². The van der Waals surface area contributed by atoms with E-state index in [0.717, 1.165) is 75.2 Å². The number of fused-ring (bicyclic) bond motifs is 1. The molecular weight excluding hydrogens is 402 g/mol. The molecule has 0 radical (unpaired) electrons. The lowest BCUT2D eigenvalue weighted by Crippen LogP contribution is -2.47. The molecule has 1 atom stereocenters. The van der Waals surface area contributed by atoms with Crippen LogP contribution < -0.4 is 10.1 Å². The Morgan fingerprint density at radius 3 is 2.59 bits per heavy atom. The summed E-state index contributed by atoms with van der Waals surface area (Å²) < 4.78 is 5.90. The number of likely N-dealkylation sites (N-methyl/N-ethyl adjacent to an activating group) is 1. The van der Waals surface area contributed by atoms with Gasteiger partial charge < -0.3 is 15.0 Å². The summed E-state index contributed by atoms with van der Waals surface area (Å²) in [6.45, 7) is 8.53. The number of carbonyl (C=O) groups is 1. The maximum absolute atomic E-state index is 12.9. The number of aryl methyl sites for hydroxylation is 1. The third kappa shape index (κ3) is 5.64. The summed E-state index contributed by atoms with van der Waals surface area (Å²) in [6.07, 6.45) is 3.16. The smallest absolute Gasteiger partial charge is 0.223 e. The second-order valence-corrected chi connectivity index (χ2v) is 8.79. The van der Waals surface area contributed by atoms with E-state index in [4.69, 9.17) is 14.7 Å². The fourth-order valence-corrected chi connectivity index (χ4v) is 4.53. The molecule has 2 aromatic rings. The Morgan fingerprint density at radius 1 is 1.09 bits per heavy atom. The molecule has 7 nitrogen and oxygen atoms in total. The number of amides is 1. The standard InChI is InChI=1S/C25H35N5O2/c1-3-32-25-21-11-9-20(24(31)26-13-14-30-17-15-29(2)16-18-30)10-12-22(21)27-23(28-25)19-7-5-4-6-8-19/h4-8,20H,3,9-18H2,1-2H3,(H,26,31). The maximum atomic E-state index is 12.9. The van der Waals surface area contributed by atoms with Gasteiger partial charge >= 0.3 is 0 Å². The molecule has 1 N–H and O–H groups in total. The molecule has 0 bridgehead atoms. The largest absolute Gasteiger partial charge is 0.478 e. The Kier molecular flexibility index (Phi) is 7.71. The third-order valence-electron chi connectivity index (χ3n) is 6.53. The monoisotopic (exact) mass is 437 g/mol. The number of nitrogens with one attached hydrogen (secondary N) is 1. The van der Waals surface area contributed by atoms with Gasteiger partial charge in [-0.1, -0.05) is 30.3 Å². The van der Waals surface area contributed by atoms with Crippen molar-refractivity contribution in [3.8, 4) is 17.3 Å². The van der Waals surface area contributed by atoms with Crippen molar-refractivity contribution in [1.29, 1.82) is 0 Å². The minimum absolute atomic E-state index is 0.00587. The van der Waals surface area contributed by atoms with E-state index in [2.05, 4.69) is 22.2 Å². The molecule has 1 unspecified atom stereocenters. The normalized spacial score (nSPS) is 19.8. The quantitative estimate of drug-likeness (QED) is 0.671. The molecule has 32 heavy (non-hydrogen) atoms. The fourth-order valence-electron chi connectivity index (χ4n) is 4.53. The third-order valence-corrected chi connectivity index (χ3v) is 6.53. The molecule has 2 aliphatic rings. The topological polar surface area (TPSA) is 70.6 Å². The van der Waals surface area contributed by atoms with Crippen molar-refractivity contribution in [3.63, 3.8) is 0 Å². The fraction of sp³-hybridized carbons (Fsp3) is 0.560. The van der Waals surface area contributed by atoms with Crippen LogP contribution in [0.5, 0.6) is 5.88 Å². The molecule has 4 rings (SSSR count). The van der Waals surface area contributed by atoms with Crippen LogP contribution in [0, 0.1) is 5.92 Å². The predicted molar refractivity (Wildman–Crippen MR) is 126 cm³/mol. The average Bonchev–Trinajstić information content (AvgIpc) is 3.04. The molecule has 172 valence electrons. The summed E-state index contributed by atoms with van der Waals surface area (Å²) in [4.78, 5) is 27.3. The van der Waals surface area contributed by atoms with Crippen LogP contribution in [0.15, 0.2) is 30.3 Å². The van der Waals surface area contributed by atoms with Crippen LogP contribution in [0.1, 0.15) is 31.0 Å². The average molecular weight is 438 g/mol. The van der Waals surface area contributed by atoms with Crippen molar-refractivity contribution < 1.29 is 9.53 Å². The van der Waals surface area contributed by atoms with Crippen LogP contribution in [0.4, 0.5) is 0 Å². The molecule has 0 spiro atoms. The first-order valence-corrected chi connectivity index (χ1v) is 11.9. The van der Waals surface area contributed by atoms with Crippen molar-refractivity contribution in [2.24, 2.45) is 5.92 Å². The minimum atomic E-state index is 0.00587. The second kappa shape index (κ2) is 10.9. The van der Waals surface area contributed by atoms with Crippen LogP contribution in [0.25, 0.3) is 11.4 Å². The van der Waals surface area contributed by atoms with Crippen molar-refractivity contribution in [2.45, 2.75) is 32.6 Å². The van der Waals surface area contributed by atoms with E-state index in [1.54, 1.807) is 0 Å². The summed E-state index contributed by atoms with van der Waals surface area (Å²) in [6, 6.07) is 10.0. The van der Waals surface area contributed by atoms with Gasteiger partial charge in [-0.2, -0.15) is 4.98 Å². The summed E-state index contributed by atoms with van der Waals surface area (Å²) in [5.41, 5.74) is 3.08. The van der Waals surface area contributed by atoms with Crippen molar-refractivity contribution in [1.82, 2.24) is 25.1 Å². The molecule has 2 heterocycles. The molecule has 1 aliphatic carbocycles. The lowest BCUT2D eigenvalue weighted by atomic mass is 9.99. The molecule has 1 aromatic carbocycles. The Hall–Kier alpha value is -2.51. The second-order valence-electron chi connectivity index (χ2n) is 8.79. The summed E-state index contributed by atoms with van der Waals surface area (Å²) in [5.74, 6) is 1.54. The highest BCUT2D eigenvalue weighted by molar-refractivity contribution is 5.78. The first kappa shape index (κ1) is 22.7. The van der Waals surface area contributed by atoms with Gasteiger partial charge in [-0.25, -0.2) is 4.98 Å². The van der Waals surface area contributed by atoms with Gasteiger partial charge in [-0.05, 0) is 39.7 Å². The number of nitrogens with zero attached hydrogens (tertiary/aromatic N) is 4. The Bertz CT molecular complexity index is 897. The first-order chi connectivity index (χ1) is 15.6. The zero-order valence-electron chi connectivity index (χ0n) is 19.3. The van der Waals surface area contributed by atoms with Crippen LogP contribution in [-0.4, -0.2) is 78.6 Å². The molecule has 7 heteroatoms. The minimum Gasteiger partial charge on any atom is -0.478 e. The van der Waals surface area contributed by atoms with Gasteiger partial charge in [0.05, 0.1) is 12.3 Å². The van der Waals surface area contributed by atoms with Crippen molar-refractivity contribution >= 4 is 5.91 Å². The number of hydrogen-bond donors (Lipinski definition) is 1. The van der Waals surface area contributed by atoms with E-state index in [9.17, 15) is 4.79 Å². The Balaban J connectivity index is 1.38. The highest BCUT2D eigenvalue weighted by Crippen LogP contribution is 2.31. The van der Waals surface area contributed by atoms with Gasteiger partial charge in [-0.3, -0.25) is 9.69 Å². The van der Waals surface area contributed by atoms with Crippen LogP contribution in [0.2, 0.25) is 0 Å². The van der Waals surface area contributed by atoms with E-state index in [1.165, 1.54) is 0 Å². The number of hydrogen-bond acceptors (Lipinski definition) is 6. The highest BCUT2D eigenvalue weighted by Gasteiger charge is 2.26. The molecule has 1 aromatic heterocycles.